The number of piperidine rings is 1. The zero-order valence-corrected chi connectivity index (χ0v) is 16.2. The van der Waals surface area contributed by atoms with Crippen LogP contribution in [0.25, 0.3) is 0 Å². The van der Waals surface area contributed by atoms with Crippen LogP contribution in [-0.4, -0.2) is 33.2 Å². The molecule has 7 nitrogen and oxygen atoms in total. The van der Waals surface area contributed by atoms with Gasteiger partial charge in [0.1, 0.15) is 24.0 Å². The summed E-state index contributed by atoms with van der Waals surface area (Å²) >= 11 is 0. The Morgan fingerprint density at radius 1 is 1.11 bits per heavy atom. The number of aryl methyl sites for hydroxylation is 2. The van der Waals surface area contributed by atoms with Crippen LogP contribution in [0.4, 0.5) is 5.82 Å². The average molecular weight is 377 g/mol. The van der Waals surface area contributed by atoms with Crippen LogP contribution in [0.2, 0.25) is 0 Å². The Kier molecular flexibility index (Phi) is 4.22. The van der Waals surface area contributed by atoms with E-state index in [0.29, 0.717) is 12.5 Å². The third kappa shape index (κ3) is 3.10. The van der Waals surface area contributed by atoms with Gasteiger partial charge in [-0.05, 0) is 31.4 Å². The van der Waals surface area contributed by atoms with Gasteiger partial charge in [0, 0.05) is 37.9 Å². The first-order valence-electron chi connectivity index (χ1n) is 9.79. The summed E-state index contributed by atoms with van der Waals surface area (Å²) in [6.45, 7) is 6.07. The fourth-order valence-corrected chi connectivity index (χ4v) is 4.19. The monoisotopic (exact) mass is 377 g/mol. The van der Waals surface area contributed by atoms with Crippen molar-refractivity contribution in [2.45, 2.75) is 45.6 Å². The minimum atomic E-state index is 0.256. The molecule has 2 aromatic heterocycles. The maximum atomic E-state index is 6.02. The van der Waals surface area contributed by atoms with Gasteiger partial charge in [-0.25, -0.2) is 9.97 Å². The van der Waals surface area contributed by atoms with Crippen molar-refractivity contribution < 1.29 is 9.26 Å². The van der Waals surface area contributed by atoms with Crippen LogP contribution in [0.1, 0.15) is 53.1 Å². The highest BCUT2D eigenvalue weighted by molar-refractivity contribution is 5.54. The number of nitrogens with zero attached hydrogens (tertiary/aromatic N) is 5. The predicted molar refractivity (Wildman–Crippen MR) is 104 cm³/mol. The van der Waals surface area contributed by atoms with Gasteiger partial charge in [-0.15, -0.1) is 0 Å². The lowest BCUT2D eigenvalue weighted by Gasteiger charge is -2.33. The maximum absolute atomic E-state index is 6.02. The smallest absolute Gasteiger partial charge is 0.223 e. The second kappa shape index (κ2) is 6.89. The van der Waals surface area contributed by atoms with Gasteiger partial charge >= 0.3 is 0 Å². The lowest BCUT2D eigenvalue weighted by molar-refractivity contribution is 0.301. The van der Waals surface area contributed by atoms with Crippen molar-refractivity contribution in [1.82, 2.24) is 20.1 Å². The van der Waals surface area contributed by atoms with Crippen LogP contribution < -0.4 is 9.64 Å². The first-order valence-corrected chi connectivity index (χ1v) is 9.79. The minimum Gasteiger partial charge on any atom is -0.487 e. The van der Waals surface area contributed by atoms with Gasteiger partial charge in [-0.2, -0.15) is 4.98 Å². The van der Waals surface area contributed by atoms with Gasteiger partial charge in [-0.1, -0.05) is 23.4 Å². The number of hydrogen-bond acceptors (Lipinski definition) is 7. The summed E-state index contributed by atoms with van der Waals surface area (Å²) in [5, 5.41) is 4.15. The van der Waals surface area contributed by atoms with Crippen LogP contribution in [0, 0.1) is 13.8 Å². The third-order valence-electron chi connectivity index (χ3n) is 5.52. The molecule has 0 aliphatic carbocycles. The zero-order valence-electron chi connectivity index (χ0n) is 16.2. The van der Waals surface area contributed by atoms with Crippen LogP contribution in [0.3, 0.4) is 0 Å². The second-order valence-corrected chi connectivity index (χ2v) is 7.55. The fourth-order valence-electron chi connectivity index (χ4n) is 4.19. The molecular formula is C21H23N5O2. The number of para-hydroxylation sites is 1. The molecule has 0 spiro atoms. The molecule has 0 N–H and O–H groups in total. The van der Waals surface area contributed by atoms with Crippen LogP contribution in [-0.2, 0) is 13.0 Å². The Balaban J connectivity index is 1.51. The molecule has 0 radical (unpaired) electrons. The first kappa shape index (κ1) is 17.2. The van der Waals surface area contributed by atoms with E-state index in [1.807, 2.05) is 26.0 Å². The Labute approximate surface area is 163 Å². The van der Waals surface area contributed by atoms with Crippen LogP contribution in [0.5, 0.6) is 5.75 Å². The molecule has 0 amide bonds. The topological polar surface area (TPSA) is 77.2 Å². The highest BCUT2D eigenvalue weighted by Gasteiger charge is 2.29. The van der Waals surface area contributed by atoms with E-state index in [2.05, 4.69) is 27.2 Å². The lowest BCUT2D eigenvalue weighted by Crippen LogP contribution is -2.36. The summed E-state index contributed by atoms with van der Waals surface area (Å²) in [5.74, 6) is 4.41. The highest BCUT2D eigenvalue weighted by Crippen LogP contribution is 2.35. The quantitative estimate of drug-likeness (QED) is 0.678. The van der Waals surface area contributed by atoms with Gasteiger partial charge in [0.15, 0.2) is 5.82 Å². The van der Waals surface area contributed by atoms with Gasteiger partial charge < -0.3 is 14.2 Å². The minimum absolute atomic E-state index is 0.256. The molecular weight excluding hydrogens is 354 g/mol. The summed E-state index contributed by atoms with van der Waals surface area (Å²) in [6, 6.07) is 8.21. The Bertz CT molecular complexity index is 1020. The van der Waals surface area contributed by atoms with Crippen LogP contribution >= 0.6 is 0 Å². The number of aromatic nitrogens is 4. The van der Waals surface area contributed by atoms with Gasteiger partial charge in [0.25, 0.3) is 0 Å². The number of anilines is 1. The number of ether oxygens (including phenoxy) is 1. The van der Waals surface area contributed by atoms with E-state index in [-0.39, 0.29) is 5.92 Å². The van der Waals surface area contributed by atoms with E-state index in [4.69, 9.17) is 19.2 Å². The molecule has 0 unspecified atom stereocenters. The van der Waals surface area contributed by atoms with Crippen molar-refractivity contribution in [3.05, 3.63) is 58.6 Å². The van der Waals surface area contributed by atoms with Crippen molar-refractivity contribution in [3.8, 4) is 5.75 Å². The van der Waals surface area contributed by atoms with Crippen molar-refractivity contribution in [3.63, 3.8) is 0 Å². The van der Waals surface area contributed by atoms with Crippen molar-refractivity contribution in [2.75, 3.05) is 18.0 Å². The lowest BCUT2D eigenvalue weighted by atomic mass is 9.96. The normalized spacial score (nSPS) is 18.8. The van der Waals surface area contributed by atoms with Crippen molar-refractivity contribution in [1.29, 1.82) is 0 Å². The molecule has 7 heteroatoms. The van der Waals surface area contributed by atoms with E-state index in [1.165, 1.54) is 11.1 Å². The fraction of sp³-hybridized carbons (Fsp3) is 0.429. The molecule has 1 saturated heterocycles. The second-order valence-electron chi connectivity index (χ2n) is 7.55. The molecule has 2 aliphatic rings. The summed E-state index contributed by atoms with van der Waals surface area (Å²) in [4.78, 5) is 16.4. The average Bonchev–Trinajstić information content (AvgIpc) is 3.06. The largest absolute Gasteiger partial charge is 0.487 e. The van der Waals surface area contributed by atoms with E-state index >= 15 is 0 Å². The van der Waals surface area contributed by atoms with E-state index in [9.17, 15) is 0 Å². The molecule has 2 aliphatic heterocycles. The third-order valence-corrected chi connectivity index (χ3v) is 5.52. The van der Waals surface area contributed by atoms with E-state index < -0.39 is 0 Å². The van der Waals surface area contributed by atoms with Gasteiger partial charge in [-0.3, -0.25) is 0 Å². The number of hydrogen-bond donors (Lipinski definition) is 0. The molecule has 4 heterocycles. The Morgan fingerprint density at radius 3 is 2.86 bits per heavy atom. The van der Waals surface area contributed by atoms with E-state index in [1.54, 1.807) is 0 Å². The zero-order chi connectivity index (χ0) is 19.1. The molecule has 28 heavy (non-hydrogen) atoms. The van der Waals surface area contributed by atoms with Crippen molar-refractivity contribution >= 4 is 5.82 Å². The summed E-state index contributed by atoms with van der Waals surface area (Å²) < 4.78 is 11.2. The summed E-state index contributed by atoms with van der Waals surface area (Å²) in [5.41, 5.74) is 3.33. The molecule has 5 rings (SSSR count). The standard InChI is InChI=1S/C21H23N5O2/c1-13-22-18-12-27-19-8-4-3-6-15(19)10-17(18)21(23-13)26-9-5-7-16(11-26)20-24-14(2)28-25-20/h3-4,6,8,16H,5,7,9-12H2,1-2H3/t16-/m0/s1. The van der Waals surface area contributed by atoms with E-state index in [0.717, 1.165) is 61.3 Å². The Hall–Kier alpha value is -2.96. The van der Waals surface area contributed by atoms with Crippen LogP contribution in [0.15, 0.2) is 28.8 Å². The molecule has 3 aromatic rings. The molecule has 1 fully saturated rings. The summed E-state index contributed by atoms with van der Waals surface area (Å²) in [6.07, 6.45) is 2.92. The summed E-state index contributed by atoms with van der Waals surface area (Å²) in [7, 11) is 0. The number of rotatable bonds is 2. The predicted octanol–water partition coefficient (Wildman–Crippen LogP) is 3.34. The number of fused-ring (bicyclic) bond motifs is 2. The Morgan fingerprint density at radius 2 is 2.00 bits per heavy atom. The number of benzene rings is 1. The molecule has 1 aromatic carbocycles. The molecule has 1 atom stereocenters. The van der Waals surface area contributed by atoms with Crippen molar-refractivity contribution in [2.24, 2.45) is 0 Å². The van der Waals surface area contributed by atoms with Gasteiger partial charge in [0.2, 0.25) is 5.89 Å². The van der Waals surface area contributed by atoms with Gasteiger partial charge in [0.05, 0.1) is 5.69 Å². The first-order chi connectivity index (χ1) is 13.7. The maximum Gasteiger partial charge on any atom is 0.223 e. The highest BCUT2D eigenvalue weighted by atomic mass is 16.5. The molecule has 0 bridgehead atoms. The molecule has 0 saturated carbocycles. The SMILES string of the molecule is Cc1nc2c(c(N3CCC[C@H](c4noc(C)n4)C3)n1)Cc1ccccc1OC2. The molecule has 144 valence electrons.